The average Bonchev–Trinajstić information content (AvgIpc) is 3.19. The first-order valence-corrected chi connectivity index (χ1v) is 12.3. The summed E-state index contributed by atoms with van der Waals surface area (Å²) in [5.74, 6) is -0.956. The molecule has 8 heteroatoms. The number of hydrogen-bond acceptors (Lipinski definition) is 7. The quantitative estimate of drug-likeness (QED) is 0.326. The SMILES string of the molecule is COc1ccc(/C(O)=C2/C(=O)C(=O)N(c3ccc(N4CCN(C)CC4)cc3)C2c2ccncc2)cc1C. The first-order valence-electron chi connectivity index (χ1n) is 12.3. The van der Waals surface area contributed by atoms with Crippen LogP contribution in [0.1, 0.15) is 22.7 Å². The Labute approximate surface area is 216 Å². The van der Waals surface area contributed by atoms with Crippen LogP contribution in [0, 0.1) is 6.92 Å². The van der Waals surface area contributed by atoms with Gasteiger partial charge in [-0.1, -0.05) is 0 Å². The number of rotatable bonds is 5. The van der Waals surface area contributed by atoms with Gasteiger partial charge in [0.1, 0.15) is 11.5 Å². The zero-order chi connectivity index (χ0) is 26.1. The van der Waals surface area contributed by atoms with E-state index in [4.69, 9.17) is 4.74 Å². The fraction of sp³-hybridized carbons (Fsp3) is 0.276. The number of pyridine rings is 1. The smallest absolute Gasteiger partial charge is 0.300 e. The number of anilines is 2. The lowest BCUT2D eigenvalue weighted by Gasteiger charge is -2.34. The Balaban J connectivity index is 1.57. The minimum atomic E-state index is -0.792. The summed E-state index contributed by atoms with van der Waals surface area (Å²) in [6.45, 7) is 5.69. The Kier molecular flexibility index (Phi) is 6.67. The molecule has 0 aliphatic carbocycles. The first kappa shape index (κ1) is 24.5. The molecule has 3 heterocycles. The molecular weight excluding hydrogens is 468 g/mol. The van der Waals surface area contributed by atoms with Crippen molar-refractivity contribution in [2.75, 3.05) is 50.1 Å². The molecule has 0 radical (unpaired) electrons. The zero-order valence-corrected chi connectivity index (χ0v) is 21.2. The lowest BCUT2D eigenvalue weighted by Crippen LogP contribution is -2.44. The number of carbonyl (C=O) groups excluding carboxylic acids is 2. The van der Waals surface area contributed by atoms with Crippen molar-refractivity contribution < 1.29 is 19.4 Å². The van der Waals surface area contributed by atoms with Crippen molar-refractivity contribution in [3.63, 3.8) is 0 Å². The molecule has 2 saturated heterocycles. The molecule has 1 unspecified atom stereocenters. The lowest BCUT2D eigenvalue weighted by atomic mass is 9.95. The Morgan fingerprint density at radius 1 is 0.946 bits per heavy atom. The second kappa shape index (κ2) is 10.1. The van der Waals surface area contributed by atoms with E-state index < -0.39 is 17.7 Å². The summed E-state index contributed by atoms with van der Waals surface area (Å²) in [5, 5.41) is 11.3. The van der Waals surface area contributed by atoms with E-state index in [1.54, 1.807) is 49.8 Å². The van der Waals surface area contributed by atoms with Crippen molar-refractivity contribution >= 4 is 28.8 Å². The van der Waals surface area contributed by atoms with Gasteiger partial charge >= 0.3 is 0 Å². The summed E-state index contributed by atoms with van der Waals surface area (Å²) in [4.78, 5) is 36.9. The summed E-state index contributed by atoms with van der Waals surface area (Å²) >= 11 is 0. The number of hydrogen-bond donors (Lipinski definition) is 1. The number of Topliss-reactive ketones (excluding diaryl/α,β-unsaturated/α-hetero) is 1. The Bertz CT molecular complexity index is 1350. The number of carbonyl (C=O) groups is 2. The van der Waals surface area contributed by atoms with Gasteiger partial charge in [-0.2, -0.15) is 0 Å². The van der Waals surface area contributed by atoms with Gasteiger partial charge in [-0.3, -0.25) is 19.5 Å². The molecule has 1 N–H and O–H groups in total. The van der Waals surface area contributed by atoms with Gasteiger partial charge in [0.2, 0.25) is 0 Å². The number of methoxy groups -OCH3 is 1. The third kappa shape index (κ3) is 4.56. The van der Waals surface area contributed by atoms with Gasteiger partial charge in [-0.15, -0.1) is 0 Å². The van der Waals surface area contributed by atoms with E-state index >= 15 is 0 Å². The molecule has 8 nitrogen and oxygen atoms in total. The molecule has 0 spiro atoms. The molecule has 37 heavy (non-hydrogen) atoms. The number of ether oxygens (including phenoxy) is 1. The molecule has 1 atom stereocenters. The number of nitrogens with zero attached hydrogens (tertiary/aromatic N) is 4. The molecule has 2 aliphatic rings. The van der Waals surface area contributed by atoms with Crippen LogP contribution in [0.2, 0.25) is 0 Å². The number of ketones is 1. The fourth-order valence-corrected chi connectivity index (χ4v) is 5.03. The molecule has 5 rings (SSSR count). The minimum Gasteiger partial charge on any atom is -0.507 e. The van der Waals surface area contributed by atoms with Crippen molar-refractivity contribution in [1.29, 1.82) is 0 Å². The van der Waals surface area contributed by atoms with Crippen LogP contribution in [-0.2, 0) is 9.59 Å². The Morgan fingerprint density at radius 2 is 1.59 bits per heavy atom. The van der Waals surface area contributed by atoms with E-state index in [1.165, 1.54) is 4.90 Å². The normalized spacial score (nSPS) is 19.9. The number of benzene rings is 2. The van der Waals surface area contributed by atoms with Crippen molar-refractivity contribution in [3.8, 4) is 5.75 Å². The standard InChI is InChI=1S/C29H30N4O4/c1-19-18-21(4-9-24(19)37-3)27(34)25-26(20-10-12-30-13-11-20)33(29(36)28(25)35)23-7-5-22(6-8-23)32-16-14-31(2)15-17-32/h4-13,18,26,34H,14-17H2,1-3H3/b27-25-. The Morgan fingerprint density at radius 3 is 2.22 bits per heavy atom. The van der Waals surface area contributed by atoms with Gasteiger partial charge < -0.3 is 19.6 Å². The minimum absolute atomic E-state index is 0.0453. The fourth-order valence-electron chi connectivity index (χ4n) is 5.03. The number of aromatic nitrogens is 1. The summed E-state index contributed by atoms with van der Waals surface area (Å²) in [5.41, 5.74) is 3.64. The molecule has 2 fully saturated rings. The van der Waals surface area contributed by atoms with Gasteiger partial charge in [0.25, 0.3) is 11.7 Å². The van der Waals surface area contributed by atoms with Crippen molar-refractivity contribution in [2.45, 2.75) is 13.0 Å². The second-order valence-corrected chi connectivity index (χ2v) is 9.44. The van der Waals surface area contributed by atoms with Crippen LogP contribution in [0.3, 0.4) is 0 Å². The van der Waals surface area contributed by atoms with E-state index in [9.17, 15) is 14.7 Å². The van der Waals surface area contributed by atoms with Crippen molar-refractivity contribution in [2.24, 2.45) is 0 Å². The topological polar surface area (TPSA) is 86.2 Å². The van der Waals surface area contributed by atoms with Crippen LogP contribution >= 0.6 is 0 Å². The number of piperazine rings is 1. The molecule has 190 valence electrons. The van der Waals surface area contributed by atoms with E-state index in [1.807, 2.05) is 31.2 Å². The van der Waals surface area contributed by atoms with Gasteiger partial charge in [0.15, 0.2) is 0 Å². The highest BCUT2D eigenvalue weighted by Gasteiger charge is 2.47. The summed E-state index contributed by atoms with van der Waals surface area (Å²) < 4.78 is 5.33. The molecule has 1 amide bonds. The third-order valence-electron chi connectivity index (χ3n) is 7.13. The maximum atomic E-state index is 13.4. The van der Waals surface area contributed by atoms with Crippen LogP contribution in [0.25, 0.3) is 5.76 Å². The Hall–Kier alpha value is -4.17. The zero-order valence-electron chi connectivity index (χ0n) is 21.2. The molecule has 3 aromatic rings. The highest BCUT2D eigenvalue weighted by atomic mass is 16.5. The van der Waals surface area contributed by atoms with E-state index in [2.05, 4.69) is 21.8 Å². The predicted octanol–water partition coefficient (Wildman–Crippen LogP) is 3.78. The highest BCUT2D eigenvalue weighted by Crippen LogP contribution is 2.42. The number of aliphatic hydroxyl groups excluding tert-OH is 1. The van der Waals surface area contributed by atoms with E-state index in [0.29, 0.717) is 22.6 Å². The number of aliphatic hydroxyl groups is 1. The maximum Gasteiger partial charge on any atom is 0.300 e. The first-order chi connectivity index (χ1) is 17.9. The molecule has 2 aromatic carbocycles. The van der Waals surface area contributed by atoms with Gasteiger partial charge in [0.05, 0.1) is 18.7 Å². The highest BCUT2D eigenvalue weighted by molar-refractivity contribution is 6.51. The number of aryl methyl sites for hydroxylation is 1. The monoisotopic (exact) mass is 498 g/mol. The van der Waals surface area contributed by atoms with Gasteiger partial charge in [-0.25, -0.2) is 0 Å². The van der Waals surface area contributed by atoms with E-state index in [0.717, 1.165) is 37.4 Å². The lowest BCUT2D eigenvalue weighted by molar-refractivity contribution is -0.132. The van der Waals surface area contributed by atoms with Crippen LogP contribution in [0.5, 0.6) is 5.75 Å². The molecule has 2 aliphatic heterocycles. The average molecular weight is 499 g/mol. The van der Waals surface area contributed by atoms with Gasteiger partial charge in [-0.05, 0) is 79.7 Å². The summed E-state index contributed by atoms with van der Waals surface area (Å²) in [6.07, 6.45) is 3.23. The second-order valence-electron chi connectivity index (χ2n) is 9.44. The third-order valence-corrected chi connectivity index (χ3v) is 7.13. The molecular formula is C29H30N4O4. The summed E-state index contributed by atoms with van der Waals surface area (Å²) in [7, 11) is 3.69. The summed E-state index contributed by atoms with van der Waals surface area (Å²) in [6, 6.07) is 15.6. The maximum absolute atomic E-state index is 13.4. The van der Waals surface area contributed by atoms with Crippen LogP contribution in [0.4, 0.5) is 11.4 Å². The largest absolute Gasteiger partial charge is 0.507 e. The van der Waals surface area contributed by atoms with Crippen LogP contribution < -0.4 is 14.5 Å². The van der Waals surface area contributed by atoms with Gasteiger partial charge in [0, 0.05) is 55.5 Å². The van der Waals surface area contributed by atoms with E-state index in [-0.39, 0.29) is 11.3 Å². The molecule has 1 aromatic heterocycles. The predicted molar refractivity (Wildman–Crippen MR) is 143 cm³/mol. The van der Waals surface area contributed by atoms with Crippen molar-refractivity contribution in [1.82, 2.24) is 9.88 Å². The van der Waals surface area contributed by atoms with Crippen LogP contribution in [-0.4, -0.2) is 67.0 Å². The number of likely N-dealkylation sites (N-methyl/N-ethyl adjacent to an activating group) is 1. The molecule has 0 bridgehead atoms. The van der Waals surface area contributed by atoms with Crippen LogP contribution in [0.15, 0.2) is 72.6 Å². The molecule has 0 saturated carbocycles. The number of amides is 1. The van der Waals surface area contributed by atoms with Crippen molar-refractivity contribution in [3.05, 3.63) is 89.3 Å².